The number of hydrogen-bond acceptors (Lipinski definition) is 3. The van der Waals surface area contributed by atoms with Gasteiger partial charge in [0.15, 0.2) is 0 Å². The second-order valence-corrected chi connectivity index (χ2v) is 3.32. The van der Waals surface area contributed by atoms with Gasteiger partial charge in [-0.05, 0) is 19.1 Å². The molecule has 0 radical (unpaired) electrons. The van der Waals surface area contributed by atoms with Crippen molar-refractivity contribution in [1.82, 2.24) is 10.4 Å². The predicted octanol–water partition coefficient (Wildman–Crippen LogP) is 1.76. The zero-order chi connectivity index (χ0) is 9.97. The minimum atomic E-state index is 0.0830. The quantitative estimate of drug-likeness (QED) is 0.556. The molecule has 0 fully saturated rings. The summed E-state index contributed by atoms with van der Waals surface area (Å²) in [5, 5.41) is 1.15. The van der Waals surface area contributed by atoms with Gasteiger partial charge in [-0.1, -0.05) is 24.3 Å². The van der Waals surface area contributed by atoms with Gasteiger partial charge in [-0.25, -0.2) is 0 Å². The molecule has 1 aromatic heterocycles. The Morgan fingerprint density at radius 2 is 2.00 bits per heavy atom. The summed E-state index contributed by atoms with van der Waals surface area (Å²) in [6, 6.07) is 12.2. The van der Waals surface area contributed by atoms with Gasteiger partial charge < -0.3 is 0 Å². The van der Waals surface area contributed by atoms with E-state index >= 15 is 0 Å². The second kappa shape index (κ2) is 3.74. The summed E-state index contributed by atoms with van der Waals surface area (Å²) in [6.45, 7) is 1.98. The molecule has 1 heterocycles. The molecule has 3 nitrogen and oxygen atoms in total. The maximum Gasteiger partial charge on any atom is 0.0706 e. The lowest BCUT2D eigenvalue weighted by molar-refractivity contribution is 0.589. The summed E-state index contributed by atoms with van der Waals surface area (Å²) < 4.78 is 0. The molecular weight excluding hydrogens is 174 g/mol. The van der Waals surface area contributed by atoms with Crippen molar-refractivity contribution >= 4 is 10.9 Å². The van der Waals surface area contributed by atoms with Crippen molar-refractivity contribution in [3.8, 4) is 0 Å². The predicted molar refractivity (Wildman–Crippen MR) is 57.5 cm³/mol. The number of rotatable bonds is 2. The molecule has 0 saturated heterocycles. The van der Waals surface area contributed by atoms with E-state index in [1.807, 2.05) is 37.3 Å². The molecule has 0 aliphatic rings. The Hall–Kier alpha value is -1.45. The van der Waals surface area contributed by atoms with E-state index in [4.69, 9.17) is 5.84 Å². The monoisotopic (exact) mass is 187 g/mol. The van der Waals surface area contributed by atoms with E-state index in [-0.39, 0.29) is 6.04 Å². The highest BCUT2D eigenvalue weighted by atomic mass is 15.2. The average molecular weight is 187 g/mol. The molecular formula is C11H13N3. The molecule has 2 rings (SSSR count). The van der Waals surface area contributed by atoms with E-state index in [9.17, 15) is 0 Å². The molecule has 0 aliphatic carbocycles. The van der Waals surface area contributed by atoms with Crippen LogP contribution >= 0.6 is 0 Å². The zero-order valence-electron chi connectivity index (χ0n) is 8.07. The summed E-state index contributed by atoms with van der Waals surface area (Å²) in [5.41, 5.74) is 4.65. The third-order valence-electron chi connectivity index (χ3n) is 2.31. The lowest BCUT2D eigenvalue weighted by atomic mass is 10.1. The number of aromatic nitrogens is 1. The third-order valence-corrected chi connectivity index (χ3v) is 2.31. The number of hydrazine groups is 1. The van der Waals surface area contributed by atoms with Crippen LogP contribution in [0.25, 0.3) is 10.9 Å². The number of pyridine rings is 1. The summed E-state index contributed by atoms with van der Waals surface area (Å²) in [4.78, 5) is 4.50. The van der Waals surface area contributed by atoms with Gasteiger partial charge >= 0.3 is 0 Å². The van der Waals surface area contributed by atoms with E-state index in [1.165, 1.54) is 0 Å². The van der Waals surface area contributed by atoms with Gasteiger partial charge in [-0.3, -0.25) is 16.3 Å². The third kappa shape index (κ3) is 1.60. The van der Waals surface area contributed by atoms with Crippen molar-refractivity contribution in [2.45, 2.75) is 13.0 Å². The van der Waals surface area contributed by atoms with Gasteiger partial charge in [0.05, 0.1) is 17.3 Å². The Morgan fingerprint density at radius 3 is 2.79 bits per heavy atom. The molecule has 0 spiro atoms. The van der Waals surface area contributed by atoms with Crippen molar-refractivity contribution in [3.05, 3.63) is 42.1 Å². The van der Waals surface area contributed by atoms with Crippen LogP contribution in [0, 0.1) is 0 Å². The van der Waals surface area contributed by atoms with Crippen molar-refractivity contribution in [2.24, 2.45) is 5.84 Å². The molecule has 0 amide bonds. The highest BCUT2D eigenvalue weighted by Crippen LogP contribution is 2.15. The minimum absolute atomic E-state index is 0.0830. The van der Waals surface area contributed by atoms with Crippen LogP contribution < -0.4 is 11.3 Å². The van der Waals surface area contributed by atoms with Crippen molar-refractivity contribution in [1.29, 1.82) is 0 Å². The first-order valence-corrected chi connectivity index (χ1v) is 4.63. The van der Waals surface area contributed by atoms with Gasteiger partial charge in [0.2, 0.25) is 0 Å². The maximum absolute atomic E-state index is 5.36. The fourth-order valence-corrected chi connectivity index (χ4v) is 1.41. The van der Waals surface area contributed by atoms with Crippen LogP contribution in [0.3, 0.4) is 0 Å². The fraction of sp³-hybridized carbons (Fsp3) is 0.182. The lowest BCUT2D eigenvalue weighted by Gasteiger charge is -2.09. The number of benzene rings is 1. The number of hydrogen-bond donors (Lipinski definition) is 2. The Morgan fingerprint density at radius 1 is 1.21 bits per heavy atom. The van der Waals surface area contributed by atoms with Crippen molar-refractivity contribution < 1.29 is 0 Å². The van der Waals surface area contributed by atoms with E-state index in [0.29, 0.717) is 0 Å². The van der Waals surface area contributed by atoms with Gasteiger partial charge in [-0.2, -0.15) is 0 Å². The van der Waals surface area contributed by atoms with Crippen molar-refractivity contribution in [2.75, 3.05) is 0 Å². The van der Waals surface area contributed by atoms with E-state index in [0.717, 1.165) is 16.6 Å². The molecule has 0 saturated carbocycles. The largest absolute Gasteiger partial charge is 0.271 e. The first kappa shape index (κ1) is 9.12. The summed E-state index contributed by atoms with van der Waals surface area (Å²) >= 11 is 0. The molecule has 3 N–H and O–H groups in total. The molecule has 1 atom stereocenters. The fourth-order valence-electron chi connectivity index (χ4n) is 1.41. The highest BCUT2D eigenvalue weighted by Gasteiger charge is 2.04. The van der Waals surface area contributed by atoms with Crippen LogP contribution in [0.15, 0.2) is 36.4 Å². The first-order chi connectivity index (χ1) is 6.81. The topological polar surface area (TPSA) is 50.9 Å². The normalized spacial score (nSPS) is 13.0. The number of nitrogens with one attached hydrogen (secondary N) is 1. The number of nitrogens with two attached hydrogens (primary N) is 1. The highest BCUT2D eigenvalue weighted by molar-refractivity contribution is 5.78. The minimum Gasteiger partial charge on any atom is -0.271 e. The van der Waals surface area contributed by atoms with Crippen LogP contribution in [0.5, 0.6) is 0 Å². The lowest BCUT2D eigenvalue weighted by Crippen LogP contribution is -2.26. The molecule has 72 valence electrons. The Bertz CT molecular complexity index is 439. The van der Waals surface area contributed by atoms with Crippen LogP contribution in [-0.4, -0.2) is 4.98 Å². The molecule has 0 bridgehead atoms. The summed E-state index contributed by atoms with van der Waals surface area (Å²) in [6.07, 6.45) is 0. The smallest absolute Gasteiger partial charge is 0.0706 e. The Labute approximate surface area is 82.9 Å². The van der Waals surface area contributed by atoms with E-state index in [2.05, 4.69) is 16.5 Å². The van der Waals surface area contributed by atoms with Gasteiger partial charge in [0.25, 0.3) is 0 Å². The molecule has 0 aliphatic heterocycles. The van der Waals surface area contributed by atoms with Gasteiger partial charge in [0.1, 0.15) is 0 Å². The number of para-hydroxylation sites is 1. The van der Waals surface area contributed by atoms with Crippen LogP contribution in [0.1, 0.15) is 18.7 Å². The summed E-state index contributed by atoms with van der Waals surface area (Å²) in [7, 11) is 0. The molecule has 1 aromatic carbocycles. The van der Waals surface area contributed by atoms with Crippen LogP contribution in [-0.2, 0) is 0 Å². The molecule has 3 heteroatoms. The van der Waals surface area contributed by atoms with Gasteiger partial charge in [0, 0.05) is 5.39 Å². The second-order valence-electron chi connectivity index (χ2n) is 3.32. The summed E-state index contributed by atoms with van der Waals surface area (Å²) in [5.74, 6) is 5.36. The zero-order valence-corrected chi connectivity index (χ0v) is 8.07. The first-order valence-electron chi connectivity index (χ1n) is 4.63. The van der Waals surface area contributed by atoms with E-state index < -0.39 is 0 Å². The van der Waals surface area contributed by atoms with Crippen LogP contribution in [0.4, 0.5) is 0 Å². The Kier molecular flexibility index (Phi) is 2.43. The number of nitrogens with zero attached hydrogens (tertiary/aromatic N) is 1. The SMILES string of the molecule is CC(NN)c1ccc2ccccc2n1. The molecule has 14 heavy (non-hydrogen) atoms. The standard InChI is InChI=1S/C11H13N3/c1-8(14-12)10-7-6-9-4-2-3-5-11(9)13-10/h2-8,14H,12H2,1H3. The number of fused-ring (bicyclic) bond motifs is 1. The molecule has 2 aromatic rings. The van der Waals surface area contributed by atoms with Crippen molar-refractivity contribution in [3.63, 3.8) is 0 Å². The average Bonchev–Trinajstić information content (AvgIpc) is 2.27. The van der Waals surface area contributed by atoms with Gasteiger partial charge in [-0.15, -0.1) is 0 Å². The van der Waals surface area contributed by atoms with E-state index in [1.54, 1.807) is 0 Å². The van der Waals surface area contributed by atoms with Crippen LogP contribution in [0.2, 0.25) is 0 Å². The molecule has 1 unspecified atom stereocenters. The maximum atomic E-state index is 5.36. The Balaban J connectivity index is 2.51.